The van der Waals surface area contributed by atoms with Crippen LogP contribution in [-0.2, 0) is 38.3 Å². The first-order valence-corrected chi connectivity index (χ1v) is 20.7. The Morgan fingerprint density at radius 3 is 0.676 bits per heavy atom. The maximum atomic E-state index is 3.05. The first-order valence-electron chi connectivity index (χ1n) is 11.0. The normalized spacial score (nSPS) is 14.7. The third kappa shape index (κ3) is 39.6. The molecule has 0 amide bonds. The summed E-state index contributed by atoms with van der Waals surface area (Å²) in [5.41, 5.74) is 5.37. The van der Waals surface area contributed by atoms with Crippen LogP contribution in [0.5, 0.6) is 0 Å². The molecule has 0 unspecified atom stereocenters. The molecule has 0 aromatic heterocycles. The summed E-state index contributed by atoms with van der Waals surface area (Å²) in [6, 6.07) is 0. The van der Waals surface area contributed by atoms with Crippen LogP contribution in [0.1, 0.15) is 53.4 Å². The molecule has 0 atom stereocenters. The van der Waals surface area contributed by atoms with Gasteiger partial charge in [-0.15, -0.1) is 53.4 Å². The first kappa shape index (κ1) is 41.5. The van der Waals surface area contributed by atoms with Crippen molar-refractivity contribution in [3.8, 4) is 0 Å². The minimum atomic E-state index is 0. The molecule has 0 fully saturated rings. The van der Waals surface area contributed by atoms with Crippen molar-refractivity contribution in [2.24, 2.45) is 0 Å². The Bertz CT molecular complexity index is 669. The van der Waals surface area contributed by atoms with Crippen LogP contribution in [-0.4, -0.2) is 12.4 Å². The van der Waals surface area contributed by atoms with Crippen molar-refractivity contribution in [1.82, 2.24) is 0 Å². The van der Waals surface area contributed by atoms with Gasteiger partial charge in [0.1, 0.15) is 0 Å². The van der Waals surface area contributed by atoms with E-state index in [2.05, 4.69) is 141 Å². The molecule has 0 saturated heterocycles. The standard InChI is InChI=1S/4C6H7.2C2H6Si.2ClH.2Ti/c4*1-6-4-2-3-5-6;2*1-3-2;;;;/h4*4-5H,2H2,1H3;2*1-2H3;2*1H;;/q4*-1;;;;;2*+2/p-2. The van der Waals surface area contributed by atoms with Crippen molar-refractivity contribution in [2.75, 3.05) is 0 Å². The summed E-state index contributed by atoms with van der Waals surface area (Å²) in [6.45, 7) is 17.4. The molecule has 0 bridgehead atoms. The maximum absolute atomic E-state index is 3.05. The maximum Gasteiger partial charge on any atom is -1.00 e. The Balaban J connectivity index is -0.000000159. The topological polar surface area (TPSA) is 0 Å². The molecule has 0 nitrogen and oxygen atoms in total. The Morgan fingerprint density at radius 2 is 0.647 bits per heavy atom. The number of rotatable bonds is 0. The zero-order chi connectivity index (χ0) is 24.8. The molecule has 0 aromatic rings. The third-order valence-electron chi connectivity index (χ3n) is 3.49. The van der Waals surface area contributed by atoms with Crippen molar-refractivity contribution in [2.45, 2.75) is 79.6 Å². The average molecular weight is 599 g/mol. The van der Waals surface area contributed by atoms with Gasteiger partial charge in [-0.3, -0.25) is 24.3 Å². The number of hydrogen-bond donors (Lipinski definition) is 0. The zero-order valence-electron chi connectivity index (χ0n) is 22.2. The van der Waals surface area contributed by atoms with E-state index in [1.165, 1.54) is 22.3 Å². The molecule has 0 spiro atoms. The zero-order valence-corrected chi connectivity index (χ0v) is 28.8. The predicted octanol–water partition coefficient (Wildman–Crippen LogP) is 2.36. The van der Waals surface area contributed by atoms with E-state index in [0.29, 0.717) is 0 Å². The number of allylic oxidation sites excluding steroid dienone is 16. The Kier molecular flexibility index (Phi) is 36.1. The average Bonchev–Trinajstić information content (AvgIpc) is 3.47. The SMILES string of the molecule is CC1=CC[C-]=C1.CC1=CC[C-]=C1.CC1=CC[C-]=C1.CC1=CC[C-]=C1.C[Si](C)=[Ti+2].C[Si](C)=[Ti+2].[Cl-].[Cl-]. The Hall–Kier alpha value is 0.362. The second-order valence-corrected chi connectivity index (χ2v) is 21.4. The molecule has 4 aliphatic carbocycles. The fourth-order valence-corrected chi connectivity index (χ4v) is 2.00. The van der Waals surface area contributed by atoms with E-state index >= 15 is 0 Å². The minimum absolute atomic E-state index is 0. The predicted molar refractivity (Wildman–Crippen MR) is 140 cm³/mol. The summed E-state index contributed by atoms with van der Waals surface area (Å²) < 4.78 is 0. The van der Waals surface area contributed by atoms with Gasteiger partial charge in [0.05, 0.1) is 0 Å². The summed E-state index contributed by atoms with van der Waals surface area (Å²) in [5, 5.41) is 0. The van der Waals surface area contributed by atoms with E-state index < -0.39 is 0 Å². The van der Waals surface area contributed by atoms with Gasteiger partial charge in [-0.1, -0.05) is 0 Å². The Labute approximate surface area is 248 Å². The fraction of sp³-hybridized carbons (Fsp3) is 0.429. The molecule has 4 aliphatic rings. The van der Waals surface area contributed by atoms with Crippen LogP contribution in [0.2, 0.25) is 26.2 Å². The van der Waals surface area contributed by atoms with Gasteiger partial charge in [-0.2, -0.15) is 24.3 Å². The van der Waals surface area contributed by atoms with E-state index in [-0.39, 0.29) is 37.2 Å². The van der Waals surface area contributed by atoms with Gasteiger partial charge in [0, 0.05) is 0 Å². The van der Waals surface area contributed by atoms with E-state index in [1.807, 2.05) is 24.3 Å². The monoisotopic (exact) mass is 598 g/mol. The third-order valence-corrected chi connectivity index (χ3v) is 3.49. The minimum Gasteiger partial charge on any atom is -1.00 e. The van der Waals surface area contributed by atoms with Gasteiger partial charge >= 0.3 is 76.9 Å². The number of hydrogen-bond acceptors (Lipinski definition) is 0. The molecule has 4 rings (SSSR count). The first-order chi connectivity index (χ1) is 15.0. The molecular formula is C28H40Cl2Si2Ti2-2. The fourth-order valence-electron chi connectivity index (χ4n) is 2.00. The largest absolute Gasteiger partial charge is 1.00 e. The summed E-state index contributed by atoms with van der Waals surface area (Å²) in [4.78, 5) is 0. The molecule has 6 heteroatoms. The van der Waals surface area contributed by atoms with Crippen LogP contribution in [0.3, 0.4) is 0 Å². The summed E-state index contributed by atoms with van der Waals surface area (Å²) in [6.07, 6.45) is 33.2. The van der Waals surface area contributed by atoms with Crippen molar-refractivity contribution in [1.29, 1.82) is 0 Å². The van der Waals surface area contributed by atoms with Crippen molar-refractivity contribution >= 4 is 12.4 Å². The van der Waals surface area contributed by atoms with Crippen LogP contribution in [0.15, 0.2) is 70.9 Å². The van der Waals surface area contributed by atoms with Gasteiger partial charge in [0.15, 0.2) is 0 Å². The second kappa shape index (κ2) is 29.6. The second-order valence-electron chi connectivity index (χ2n) is 8.00. The smallest absolute Gasteiger partial charge is 1.00 e. The van der Waals surface area contributed by atoms with Gasteiger partial charge in [-0.25, -0.2) is 46.6 Å². The van der Waals surface area contributed by atoms with Gasteiger partial charge in [0.2, 0.25) is 0 Å². The van der Waals surface area contributed by atoms with Crippen molar-refractivity contribution < 1.29 is 63.2 Å². The molecule has 0 saturated carbocycles. The molecule has 0 N–H and O–H groups in total. The summed E-state index contributed by atoms with van der Waals surface area (Å²) >= 11 is 4.54. The molecule has 0 aromatic carbocycles. The van der Waals surface area contributed by atoms with Crippen LogP contribution >= 0.6 is 0 Å². The van der Waals surface area contributed by atoms with E-state index in [0.717, 1.165) is 25.7 Å². The molecule has 184 valence electrons. The number of halogens is 2. The quantitative estimate of drug-likeness (QED) is 0.297. The van der Waals surface area contributed by atoms with Gasteiger partial charge in [-0.05, 0) is 0 Å². The van der Waals surface area contributed by atoms with Crippen LogP contribution in [0.4, 0.5) is 0 Å². The Morgan fingerprint density at radius 1 is 0.500 bits per heavy atom. The summed E-state index contributed by atoms with van der Waals surface area (Å²) in [5.74, 6) is 0. The van der Waals surface area contributed by atoms with E-state index in [4.69, 9.17) is 0 Å². The van der Waals surface area contributed by atoms with Crippen molar-refractivity contribution in [3.63, 3.8) is 0 Å². The van der Waals surface area contributed by atoms with Crippen molar-refractivity contribution in [3.05, 3.63) is 95.2 Å². The van der Waals surface area contributed by atoms with Gasteiger partial charge in [0.25, 0.3) is 0 Å². The van der Waals surface area contributed by atoms with E-state index in [1.54, 1.807) is 0 Å². The van der Waals surface area contributed by atoms with Gasteiger partial charge < -0.3 is 24.8 Å². The molecule has 34 heavy (non-hydrogen) atoms. The van der Waals surface area contributed by atoms with Crippen LogP contribution in [0.25, 0.3) is 0 Å². The summed E-state index contributed by atoms with van der Waals surface area (Å²) in [7, 11) is 0. The molecular weight excluding hydrogens is 559 g/mol. The molecule has 0 radical (unpaired) electrons. The van der Waals surface area contributed by atoms with Crippen LogP contribution in [0, 0.1) is 24.3 Å². The van der Waals surface area contributed by atoms with E-state index in [9.17, 15) is 0 Å². The van der Waals surface area contributed by atoms with Crippen LogP contribution < -0.4 is 24.8 Å². The molecule has 0 aliphatic heterocycles. The molecule has 0 heterocycles.